The van der Waals surface area contributed by atoms with Crippen molar-refractivity contribution in [3.63, 3.8) is 0 Å². The Morgan fingerprint density at radius 3 is 2.63 bits per heavy atom. The molecule has 1 saturated carbocycles. The average Bonchev–Trinajstić information content (AvgIpc) is 3.43. The number of nitrogens with zero attached hydrogens (tertiary/aromatic N) is 3. The van der Waals surface area contributed by atoms with Crippen LogP contribution in [0.1, 0.15) is 63.0 Å². The lowest BCUT2D eigenvalue weighted by Crippen LogP contribution is -2.39. The van der Waals surface area contributed by atoms with E-state index in [0.29, 0.717) is 0 Å². The van der Waals surface area contributed by atoms with Gasteiger partial charge >= 0.3 is 0 Å². The zero-order valence-electron chi connectivity index (χ0n) is 17.2. The third-order valence-corrected chi connectivity index (χ3v) is 7.87. The van der Waals surface area contributed by atoms with Gasteiger partial charge in [-0.25, -0.2) is 0 Å². The predicted molar refractivity (Wildman–Crippen MR) is 113 cm³/mol. The Kier molecular flexibility index (Phi) is 5.17. The van der Waals surface area contributed by atoms with Crippen LogP contribution < -0.4 is 4.90 Å². The topological polar surface area (TPSA) is 9.72 Å². The molecule has 148 valence electrons. The second kappa shape index (κ2) is 7.75. The Hall–Kier alpha value is -1.06. The summed E-state index contributed by atoms with van der Waals surface area (Å²) in [5, 5.41) is 0. The van der Waals surface area contributed by atoms with Crippen molar-refractivity contribution in [1.29, 1.82) is 0 Å². The van der Waals surface area contributed by atoms with E-state index in [9.17, 15) is 0 Å². The lowest BCUT2D eigenvalue weighted by Gasteiger charge is -2.32. The number of hydrogen-bond donors (Lipinski definition) is 0. The minimum absolute atomic E-state index is 0.778. The molecule has 3 nitrogen and oxygen atoms in total. The highest BCUT2D eigenvalue weighted by Crippen LogP contribution is 2.32. The third kappa shape index (κ3) is 3.78. The maximum Gasteiger partial charge on any atom is 0.0369 e. The molecule has 2 saturated heterocycles. The summed E-state index contributed by atoms with van der Waals surface area (Å²) in [6.07, 6.45) is 11.2. The van der Waals surface area contributed by atoms with Crippen molar-refractivity contribution in [3.05, 3.63) is 29.3 Å². The fraction of sp³-hybridized carbons (Fsp3) is 0.750. The lowest BCUT2D eigenvalue weighted by atomic mass is 9.97. The number of likely N-dealkylation sites (tertiary alicyclic amines) is 1. The van der Waals surface area contributed by atoms with Gasteiger partial charge in [-0.3, -0.25) is 9.80 Å². The van der Waals surface area contributed by atoms with Crippen molar-refractivity contribution >= 4 is 5.69 Å². The molecule has 0 aromatic heterocycles. The van der Waals surface area contributed by atoms with Crippen LogP contribution in [0.25, 0.3) is 0 Å². The van der Waals surface area contributed by atoms with E-state index in [1.807, 2.05) is 0 Å². The molecule has 0 bridgehead atoms. The molecule has 0 N–H and O–H groups in total. The van der Waals surface area contributed by atoms with Gasteiger partial charge in [0.05, 0.1) is 0 Å². The molecule has 1 aromatic carbocycles. The van der Waals surface area contributed by atoms with Gasteiger partial charge in [0.2, 0.25) is 0 Å². The van der Waals surface area contributed by atoms with Crippen LogP contribution in [0.2, 0.25) is 0 Å². The van der Waals surface area contributed by atoms with Gasteiger partial charge in [-0.05, 0) is 81.2 Å². The molecule has 0 radical (unpaired) electrons. The molecule has 0 amide bonds. The van der Waals surface area contributed by atoms with Gasteiger partial charge in [0.25, 0.3) is 0 Å². The Balaban J connectivity index is 1.21. The van der Waals surface area contributed by atoms with Crippen LogP contribution in [-0.2, 0) is 13.0 Å². The molecule has 3 heteroatoms. The van der Waals surface area contributed by atoms with Crippen molar-refractivity contribution in [2.45, 2.75) is 76.9 Å². The highest BCUT2D eigenvalue weighted by atomic mass is 15.3. The van der Waals surface area contributed by atoms with Gasteiger partial charge in [-0.15, -0.1) is 0 Å². The molecule has 2 unspecified atom stereocenters. The lowest BCUT2D eigenvalue weighted by molar-refractivity contribution is 0.204. The summed E-state index contributed by atoms with van der Waals surface area (Å²) in [6.45, 7) is 9.99. The summed E-state index contributed by atoms with van der Waals surface area (Å²) in [5.41, 5.74) is 4.69. The first kappa shape index (κ1) is 18.0. The summed E-state index contributed by atoms with van der Waals surface area (Å²) in [4.78, 5) is 8.15. The molecule has 0 spiro atoms. The Morgan fingerprint density at radius 1 is 0.926 bits per heavy atom. The van der Waals surface area contributed by atoms with Crippen LogP contribution in [0.3, 0.4) is 0 Å². The predicted octanol–water partition coefficient (Wildman–Crippen LogP) is 4.30. The maximum absolute atomic E-state index is 2.78. The third-order valence-electron chi connectivity index (χ3n) is 7.87. The first-order chi connectivity index (χ1) is 13.3. The van der Waals surface area contributed by atoms with Gasteiger partial charge in [0.15, 0.2) is 0 Å². The summed E-state index contributed by atoms with van der Waals surface area (Å²) >= 11 is 0. The van der Waals surface area contributed by atoms with E-state index < -0.39 is 0 Å². The maximum atomic E-state index is 2.78. The quantitative estimate of drug-likeness (QED) is 0.786. The molecular weight excluding hydrogens is 330 g/mol. The van der Waals surface area contributed by atoms with Crippen LogP contribution in [0.15, 0.2) is 18.2 Å². The van der Waals surface area contributed by atoms with Crippen LogP contribution in [-0.4, -0.2) is 54.6 Å². The van der Waals surface area contributed by atoms with E-state index in [1.165, 1.54) is 96.3 Å². The Labute approximate surface area is 165 Å². The summed E-state index contributed by atoms with van der Waals surface area (Å²) in [6, 6.07) is 8.95. The first-order valence-electron chi connectivity index (χ1n) is 11.6. The minimum atomic E-state index is 0.778. The largest absolute Gasteiger partial charge is 0.370 e. The van der Waals surface area contributed by atoms with Crippen LogP contribution in [0.4, 0.5) is 5.69 Å². The smallest absolute Gasteiger partial charge is 0.0369 e. The van der Waals surface area contributed by atoms with E-state index >= 15 is 0 Å². The second-order valence-corrected chi connectivity index (χ2v) is 9.71. The minimum Gasteiger partial charge on any atom is -0.370 e. The Morgan fingerprint density at radius 2 is 1.81 bits per heavy atom. The molecular formula is C24H37N3. The van der Waals surface area contributed by atoms with E-state index in [1.54, 1.807) is 11.1 Å². The highest BCUT2D eigenvalue weighted by molar-refractivity contribution is 5.52. The van der Waals surface area contributed by atoms with Crippen LogP contribution in [0, 0.1) is 5.92 Å². The molecule has 2 atom stereocenters. The van der Waals surface area contributed by atoms with Gasteiger partial charge in [0.1, 0.15) is 0 Å². The summed E-state index contributed by atoms with van der Waals surface area (Å²) < 4.78 is 0. The van der Waals surface area contributed by atoms with Crippen molar-refractivity contribution in [2.75, 3.05) is 37.6 Å². The molecule has 3 fully saturated rings. The summed E-state index contributed by atoms with van der Waals surface area (Å²) in [5.74, 6) is 0.973. The number of hydrogen-bond acceptors (Lipinski definition) is 3. The van der Waals surface area contributed by atoms with Gasteiger partial charge in [-0.1, -0.05) is 18.9 Å². The monoisotopic (exact) mass is 367 g/mol. The molecule has 3 aliphatic heterocycles. The van der Waals surface area contributed by atoms with Gasteiger partial charge < -0.3 is 4.90 Å². The van der Waals surface area contributed by atoms with Crippen molar-refractivity contribution in [2.24, 2.45) is 5.92 Å². The van der Waals surface area contributed by atoms with Gasteiger partial charge in [-0.2, -0.15) is 0 Å². The SMILES string of the molecule is CC1CCCN1C1CCN(c2ccc3c(c2)CCN(CC2CCCC2)C3)C1. The molecule has 1 aliphatic carbocycles. The van der Waals surface area contributed by atoms with Gasteiger partial charge in [0, 0.05) is 50.5 Å². The number of anilines is 1. The van der Waals surface area contributed by atoms with Crippen LogP contribution in [0.5, 0.6) is 0 Å². The zero-order valence-corrected chi connectivity index (χ0v) is 17.2. The second-order valence-electron chi connectivity index (χ2n) is 9.71. The number of benzene rings is 1. The first-order valence-corrected chi connectivity index (χ1v) is 11.6. The summed E-state index contributed by atoms with van der Waals surface area (Å²) in [7, 11) is 0. The molecule has 1 aromatic rings. The van der Waals surface area contributed by atoms with E-state index in [2.05, 4.69) is 39.8 Å². The standard InChI is InChI=1S/C24H37N3/c1-19-5-4-12-27(19)24-11-14-26(18-24)23-9-8-22-17-25(13-10-21(22)15-23)16-20-6-2-3-7-20/h8-9,15,19-20,24H,2-7,10-14,16-18H2,1H3. The number of fused-ring (bicyclic) bond motifs is 1. The van der Waals surface area contributed by atoms with Crippen molar-refractivity contribution in [1.82, 2.24) is 9.80 Å². The van der Waals surface area contributed by atoms with Crippen molar-refractivity contribution < 1.29 is 0 Å². The molecule has 4 aliphatic rings. The number of rotatable bonds is 4. The van der Waals surface area contributed by atoms with Crippen molar-refractivity contribution in [3.8, 4) is 0 Å². The average molecular weight is 368 g/mol. The molecule has 3 heterocycles. The van der Waals surface area contributed by atoms with E-state index in [4.69, 9.17) is 0 Å². The highest BCUT2D eigenvalue weighted by Gasteiger charge is 2.33. The normalized spacial score (nSPS) is 30.3. The van der Waals surface area contributed by atoms with E-state index in [-0.39, 0.29) is 0 Å². The zero-order chi connectivity index (χ0) is 18.2. The van der Waals surface area contributed by atoms with Crippen LogP contribution >= 0.6 is 0 Å². The fourth-order valence-corrected chi connectivity index (χ4v) is 6.25. The molecule has 27 heavy (non-hydrogen) atoms. The Bertz CT molecular complexity index is 651. The van der Waals surface area contributed by atoms with E-state index in [0.717, 1.165) is 18.0 Å². The molecule has 5 rings (SSSR count). The fourth-order valence-electron chi connectivity index (χ4n) is 6.25.